The van der Waals surface area contributed by atoms with Gasteiger partial charge in [-0.15, -0.1) is 0 Å². The molecule has 104 valence electrons. The highest BCUT2D eigenvalue weighted by atomic mass is 35.5. The van der Waals surface area contributed by atoms with Crippen LogP contribution in [0.1, 0.15) is 17.5 Å². The van der Waals surface area contributed by atoms with E-state index in [0.717, 1.165) is 11.1 Å². The van der Waals surface area contributed by atoms with E-state index in [9.17, 15) is 4.79 Å². The quantitative estimate of drug-likeness (QED) is 0.671. The number of benzene rings is 1. The zero-order valence-electron chi connectivity index (χ0n) is 11.2. The molecule has 1 amide bonds. The van der Waals surface area contributed by atoms with E-state index in [2.05, 4.69) is 10.3 Å². The maximum Gasteiger partial charge on any atom is 0.224 e. The third-order valence-electron chi connectivity index (χ3n) is 3.05. The molecule has 0 aliphatic rings. The topological polar surface area (TPSA) is 68.0 Å². The number of nitrogens with zero attached hydrogens (tertiary/aromatic N) is 1. The van der Waals surface area contributed by atoms with Crippen LogP contribution in [-0.4, -0.2) is 10.9 Å². The Bertz CT molecular complexity index is 608. The number of nitrogens with one attached hydrogen (secondary N) is 1. The molecule has 0 saturated heterocycles. The summed E-state index contributed by atoms with van der Waals surface area (Å²) in [5.41, 5.74) is 8.97. The van der Waals surface area contributed by atoms with Crippen LogP contribution in [0.5, 0.6) is 0 Å². The number of aromatic nitrogens is 1. The van der Waals surface area contributed by atoms with Gasteiger partial charge < -0.3 is 11.1 Å². The van der Waals surface area contributed by atoms with Crippen LogP contribution in [0, 0.1) is 6.92 Å². The number of aryl methyl sites for hydroxylation is 2. The van der Waals surface area contributed by atoms with Gasteiger partial charge >= 0.3 is 0 Å². The Kier molecular flexibility index (Phi) is 4.58. The average Bonchev–Trinajstić information content (AvgIpc) is 2.42. The van der Waals surface area contributed by atoms with Crippen molar-refractivity contribution in [3.8, 4) is 0 Å². The first-order valence-corrected chi connectivity index (χ1v) is 6.70. The zero-order chi connectivity index (χ0) is 14.5. The van der Waals surface area contributed by atoms with E-state index in [0.29, 0.717) is 29.4 Å². The minimum atomic E-state index is -0.105. The minimum Gasteiger partial charge on any atom is -0.399 e. The number of nitrogens with two attached hydrogens (primary N) is 1. The van der Waals surface area contributed by atoms with E-state index in [1.807, 2.05) is 31.2 Å². The number of rotatable bonds is 4. The third kappa shape index (κ3) is 3.48. The number of hydrogen-bond acceptors (Lipinski definition) is 3. The van der Waals surface area contributed by atoms with Crippen LogP contribution in [0.3, 0.4) is 0 Å². The van der Waals surface area contributed by atoms with Crippen molar-refractivity contribution in [3.05, 3.63) is 52.8 Å². The number of anilines is 2. The number of hydrogen-bond donors (Lipinski definition) is 2. The van der Waals surface area contributed by atoms with E-state index < -0.39 is 0 Å². The van der Waals surface area contributed by atoms with Crippen molar-refractivity contribution >= 4 is 28.9 Å². The predicted molar refractivity (Wildman–Crippen MR) is 81.8 cm³/mol. The lowest BCUT2D eigenvalue weighted by molar-refractivity contribution is -0.116. The zero-order valence-corrected chi connectivity index (χ0v) is 11.9. The molecule has 5 heteroatoms. The van der Waals surface area contributed by atoms with Crippen LogP contribution in [0.25, 0.3) is 0 Å². The molecule has 20 heavy (non-hydrogen) atoms. The third-order valence-corrected chi connectivity index (χ3v) is 3.34. The van der Waals surface area contributed by atoms with Crippen molar-refractivity contribution in [3.63, 3.8) is 0 Å². The molecule has 0 atom stereocenters. The summed E-state index contributed by atoms with van der Waals surface area (Å²) in [4.78, 5) is 15.9. The fourth-order valence-corrected chi connectivity index (χ4v) is 2.14. The van der Waals surface area contributed by atoms with Crippen LogP contribution >= 0.6 is 11.6 Å². The van der Waals surface area contributed by atoms with Gasteiger partial charge in [0.05, 0.1) is 5.69 Å². The first-order chi connectivity index (χ1) is 9.58. The van der Waals surface area contributed by atoms with Gasteiger partial charge in [0, 0.05) is 18.3 Å². The van der Waals surface area contributed by atoms with E-state index in [-0.39, 0.29) is 5.91 Å². The molecule has 0 fully saturated rings. The molecule has 3 N–H and O–H groups in total. The summed E-state index contributed by atoms with van der Waals surface area (Å²) in [6.45, 7) is 1.87. The number of pyridine rings is 1. The molecule has 0 spiro atoms. The molecule has 0 unspecified atom stereocenters. The fraction of sp³-hybridized carbons (Fsp3) is 0.200. The average molecular weight is 290 g/mol. The molecular formula is C15H16ClN3O. The number of nitrogen functional groups attached to an aromatic ring is 1. The van der Waals surface area contributed by atoms with Gasteiger partial charge in [-0.1, -0.05) is 29.8 Å². The highest BCUT2D eigenvalue weighted by Crippen LogP contribution is 2.23. The molecular weight excluding hydrogens is 274 g/mol. The van der Waals surface area contributed by atoms with Gasteiger partial charge in [0.25, 0.3) is 0 Å². The molecule has 1 aromatic carbocycles. The molecule has 2 aromatic rings. The van der Waals surface area contributed by atoms with Gasteiger partial charge in [0.15, 0.2) is 5.15 Å². The SMILES string of the molecule is Cc1ccnc(Cl)c1NC(=O)CCc1ccccc1N. The normalized spacial score (nSPS) is 10.3. The van der Waals surface area contributed by atoms with Crippen molar-refractivity contribution in [2.75, 3.05) is 11.1 Å². The summed E-state index contributed by atoms with van der Waals surface area (Å²) in [5.74, 6) is -0.105. The number of para-hydroxylation sites is 1. The Morgan fingerprint density at radius 3 is 2.80 bits per heavy atom. The molecule has 0 aliphatic carbocycles. The van der Waals surface area contributed by atoms with Gasteiger partial charge in [-0.3, -0.25) is 4.79 Å². The summed E-state index contributed by atoms with van der Waals surface area (Å²) < 4.78 is 0. The first kappa shape index (κ1) is 14.3. The Balaban J connectivity index is 1.98. The number of halogens is 1. The summed E-state index contributed by atoms with van der Waals surface area (Å²) in [6, 6.07) is 9.33. The summed E-state index contributed by atoms with van der Waals surface area (Å²) >= 11 is 5.97. The lowest BCUT2D eigenvalue weighted by atomic mass is 10.1. The lowest BCUT2D eigenvalue weighted by Crippen LogP contribution is -2.14. The molecule has 4 nitrogen and oxygen atoms in total. The van der Waals surface area contributed by atoms with E-state index >= 15 is 0 Å². The number of carbonyl (C=O) groups is 1. The van der Waals surface area contributed by atoms with Crippen molar-refractivity contribution in [1.82, 2.24) is 4.98 Å². The Hall–Kier alpha value is -2.07. The van der Waals surface area contributed by atoms with Crippen LogP contribution in [0.15, 0.2) is 36.5 Å². The van der Waals surface area contributed by atoms with Crippen LogP contribution < -0.4 is 11.1 Å². The molecule has 1 heterocycles. The summed E-state index contributed by atoms with van der Waals surface area (Å²) in [5, 5.41) is 3.10. The van der Waals surface area contributed by atoms with E-state index in [4.69, 9.17) is 17.3 Å². The number of carbonyl (C=O) groups excluding carboxylic acids is 1. The Morgan fingerprint density at radius 1 is 1.35 bits per heavy atom. The maximum absolute atomic E-state index is 12.0. The largest absolute Gasteiger partial charge is 0.399 e. The van der Waals surface area contributed by atoms with Crippen molar-refractivity contribution in [2.45, 2.75) is 19.8 Å². The second-order valence-electron chi connectivity index (χ2n) is 4.54. The first-order valence-electron chi connectivity index (χ1n) is 6.32. The molecule has 0 saturated carbocycles. The summed E-state index contributed by atoms with van der Waals surface area (Å²) in [7, 11) is 0. The van der Waals surface area contributed by atoms with Crippen LogP contribution in [-0.2, 0) is 11.2 Å². The standard InChI is InChI=1S/C15H16ClN3O/c1-10-8-9-18-15(16)14(10)19-13(20)7-6-11-4-2-3-5-12(11)17/h2-5,8-9H,6-7,17H2,1H3,(H,19,20). The Morgan fingerprint density at radius 2 is 2.10 bits per heavy atom. The summed E-state index contributed by atoms with van der Waals surface area (Å²) in [6.07, 6.45) is 2.55. The molecule has 0 bridgehead atoms. The van der Waals surface area contributed by atoms with Crippen molar-refractivity contribution in [1.29, 1.82) is 0 Å². The monoisotopic (exact) mass is 289 g/mol. The highest BCUT2D eigenvalue weighted by Gasteiger charge is 2.10. The highest BCUT2D eigenvalue weighted by molar-refractivity contribution is 6.32. The van der Waals surface area contributed by atoms with Gasteiger partial charge in [-0.05, 0) is 36.6 Å². The molecule has 0 aliphatic heterocycles. The van der Waals surface area contributed by atoms with Crippen LogP contribution in [0.4, 0.5) is 11.4 Å². The van der Waals surface area contributed by atoms with Gasteiger partial charge in [0.1, 0.15) is 0 Å². The lowest BCUT2D eigenvalue weighted by Gasteiger charge is -2.10. The second kappa shape index (κ2) is 6.39. The maximum atomic E-state index is 12.0. The van der Waals surface area contributed by atoms with Gasteiger partial charge in [0.2, 0.25) is 5.91 Å². The van der Waals surface area contributed by atoms with E-state index in [1.165, 1.54) is 0 Å². The number of amides is 1. The molecule has 1 aromatic heterocycles. The van der Waals surface area contributed by atoms with Crippen molar-refractivity contribution in [2.24, 2.45) is 0 Å². The van der Waals surface area contributed by atoms with Gasteiger partial charge in [-0.25, -0.2) is 4.98 Å². The Labute approximate surface area is 123 Å². The smallest absolute Gasteiger partial charge is 0.224 e. The molecule has 0 radical (unpaired) electrons. The predicted octanol–water partition coefficient (Wildman–Crippen LogP) is 3.20. The van der Waals surface area contributed by atoms with Crippen LogP contribution in [0.2, 0.25) is 5.15 Å². The second-order valence-corrected chi connectivity index (χ2v) is 4.90. The molecule has 2 rings (SSSR count). The van der Waals surface area contributed by atoms with Crippen molar-refractivity contribution < 1.29 is 4.79 Å². The van der Waals surface area contributed by atoms with E-state index in [1.54, 1.807) is 12.3 Å². The fourth-order valence-electron chi connectivity index (χ4n) is 1.89. The van der Waals surface area contributed by atoms with Gasteiger partial charge in [-0.2, -0.15) is 0 Å². The minimum absolute atomic E-state index is 0.105.